The molecular weight excluding hydrogens is 504 g/mol. The van der Waals surface area contributed by atoms with Crippen molar-refractivity contribution in [3.63, 3.8) is 0 Å². The molecule has 3 fully saturated rings. The molecular formula is C23H29BrN6O4. The van der Waals surface area contributed by atoms with E-state index in [1.54, 1.807) is 4.90 Å². The van der Waals surface area contributed by atoms with Crippen LogP contribution in [0.1, 0.15) is 12.8 Å². The molecule has 0 unspecified atom stereocenters. The molecule has 3 aliphatic rings. The van der Waals surface area contributed by atoms with Crippen molar-refractivity contribution in [2.24, 2.45) is 0 Å². The summed E-state index contributed by atoms with van der Waals surface area (Å²) >= 11 is 3.21. The molecule has 182 valence electrons. The zero-order chi connectivity index (χ0) is 23.5. The van der Waals surface area contributed by atoms with E-state index < -0.39 is 6.04 Å². The maximum absolute atomic E-state index is 13.0. The summed E-state index contributed by atoms with van der Waals surface area (Å²) in [5, 5.41) is 3.21. The minimum absolute atomic E-state index is 0.0622. The number of benzene rings is 1. The highest BCUT2D eigenvalue weighted by atomic mass is 79.9. The second-order valence-electron chi connectivity index (χ2n) is 8.64. The number of rotatable bonds is 5. The number of fused-ring (bicyclic) bond motifs is 1. The number of alkyl halides is 1. The lowest BCUT2D eigenvalue weighted by Crippen LogP contribution is -2.43. The van der Waals surface area contributed by atoms with Crippen LogP contribution < -0.4 is 15.1 Å². The van der Waals surface area contributed by atoms with E-state index in [0.717, 1.165) is 55.3 Å². The Kier molecular flexibility index (Phi) is 7.12. The topological polar surface area (TPSA) is 100 Å². The zero-order valence-corrected chi connectivity index (χ0v) is 20.6. The molecule has 4 heterocycles. The lowest BCUT2D eigenvalue weighted by Gasteiger charge is -2.34. The van der Waals surface area contributed by atoms with Crippen LogP contribution in [-0.2, 0) is 19.1 Å². The lowest BCUT2D eigenvalue weighted by atomic mass is 10.2. The average molecular weight is 533 g/mol. The van der Waals surface area contributed by atoms with Gasteiger partial charge in [0.05, 0.1) is 42.8 Å². The number of morpholine rings is 2. The van der Waals surface area contributed by atoms with E-state index in [4.69, 9.17) is 19.4 Å². The summed E-state index contributed by atoms with van der Waals surface area (Å²) in [5.41, 5.74) is 2.14. The Labute approximate surface area is 206 Å². The molecule has 0 aliphatic carbocycles. The number of hydrogen-bond acceptors (Lipinski definition) is 8. The molecule has 5 rings (SSSR count). The van der Waals surface area contributed by atoms with E-state index in [1.165, 1.54) is 0 Å². The molecule has 1 aromatic heterocycles. The number of carbonyl (C=O) groups is 2. The van der Waals surface area contributed by atoms with Gasteiger partial charge < -0.3 is 29.5 Å². The molecule has 0 bridgehead atoms. The Morgan fingerprint density at radius 2 is 1.56 bits per heavy atom. The van der Waals surface area contributed by atoms with Crippen LogP contribution in [0, 0.1) is 0 Å². The highest BCUT2D eigenvalue weighted by Crippen LogP contribution is 2.31. The van der Waals surface area contributed by atoms with Gasteiger partial charge >= 0.3 is 0 Å². The van der Waals surface area contributed by atoms with Gasteiger partial charge in [0.15, 0.2) is 11.6 Å². The summed E-state index contributed by atoms with van der Waals surface area (Å²) in [6.45, 7) is 6.32. The number of halogens is 1. The number of nitrogens with zero attached hydrogens (tertiary/aromatic N) is 5. The molecule has 1 N–H and O–H groups in total. The van der Waals surface area contributed by atoms with Crippen LogP contribution in [0.2, 0.25) is 0 Å². The number of nitrogens with one attached hydrogen (secondary N) is 1. The van der Waals surface area contributed by atoms with Crippen molar-refractivity contribution in [2.45, 2.75) is 18.9 Å². The summed E-state index contributed by atoms with van der Waals surface area (Å²) in [5.74, 6) is 1.47. The minimum Gasteiger partial charge on any atom is -0.378 e. The van der Waals surface area contributed by atoms with Crippen LogP contribution in [0.15, 0.2) is 18.2 Å². The smallest absolute Gasteiger partial charge is 0.247 e. The number of ether oxygens (including phenoxy) is 2. The van der Waals surface area contributed by atoms with Crippen LogP contribution in [0.5, 0.6) is 0 Å². The van der Waals surface area contributed by atoms with Gasteiger partial charge in [0.2, 0.25) is 11.8 Å². The number of likely N-dealkylation sites (tertiary alicyclic amines) is 1. The third kappa shape index (κ3) is 4.82. The first kappa shape index (κ1) is 23.3. The molecule has 1 aromatic carbocycles. The molecule has 0 radical (unpaired) electrons. The summed E-state index contributed by atoms with van der Waals surface area (Å²) in [6.07, 6.45) is 1.50. The van der Waals surface area contributed by atoms with Gasteiger partial charge in [-0.1, -0.05) is 15.9 Å². The van der Waals surface area contributed by atoms with Crippen molar-refractivity contribution in [2.75, 3.05) is 79.6 Å². The predicted octanol–water partition coefficient (Wildman–Crippen LogP) is 1.63. The van der Waals surface area contributed by atoms with Crippen molar-refractivity contribution in [1.82, 2.24) is 14.9 Å². The van der Waals surface area contributed by atoms with Crippen LogP contribution in [0.3, 0.4) is 0 Å². The van der Waals surface area contributed by atoms with E-state index in [0.29, 0.717) is 45.1 Å². The molecule has 0 spiro atoms. The summed E-state index contributed by atoms with van der Waals surface area (Å²) in [4.78, 5) is 41.2. The van der Waals surface area contributed by atoms with Gasteiger partial charge in [-0.15, -0.1) is 0 Å². The molecule has 3 saturated heterocycles. The number of hydrogen-bond donors (Lipinski definition) is 1. The van der Waals surface area contributed by atoms with Gasteiger partial charge in [0.1, 0.15) is 6.04 Å². The third-order valence-corrected chi connectivity index (χ3v) is 6.99. The Hall–Kier alpha value is -2.50. The monoisotopic (exact) mass is 532 g/mol. The van der Waals surface area contributed by atoms with E-state index in [1.807, 2.05) is 18.2 Å². The number of aromatic nitrogens is 2. The van der Waals surface area contributed by atoms with E-state index in [-0.39, 0.29) is 17.1 Å². The van der Waals surface area contributed by atoms with E-state index in [2.05, 4.69) is 31.0 Å². The van der Waals surface area contributed by atoms with Gasteiger partial charge in [0, 0.05) is 38.4 Å². The molecule has 0 saturated carbocycles. The van der Waals surface area contributed by atoms with Gasteiger partial charge in [-0.05, 0) is 31.0 Å². The van der Waals surface area contributed by atoms with Gasteiger partial charge in [-0.25, -0.2) is 9.97 Å². The first-order valence-corrected chi connectivity index (χ1v) is 12.9. The van der Waals surface area contributed by atoms with Gasteiger partial charge in [0.25, 0.3) is 0 Å². The fourth-order valence-corrected chi connectivity index (χ4v) is 5.05. The van der Waals surface area contributed by atoms with Crippen molar-refractivity contribution < 1.29 is 19.1 Å². The minimum atomic E-state index is -0.445. The summed E-state index contributed by atoms with van der Waals surface area (Å²) < 4.78 is 11.1. The van der Waals surface area contributed by atoms with Gasteiger partial charge in [-0.3, -0.25) is 9.59 Å². The number of carbonyl (C=O) groups excluding carboxylic acids is 2. The second kappa shape index (κ2) is 10.4. The third-order valence-electron chi connectivity index (χ3n) is 6.51. The molecule has 3 aliphatic heterocycles. The lowest BCUT2D eigenvalue weighted by molar-refractivity contribution is -0.134. The fraction of sp³-hybridized carbons (Fsp3) is 0.565. The molecule has 34 heavy (non-hydrogen) atoms. The fourth-order valence-electron chi connectivity index (χ4n) is 4.73. The maximum atomic E-state index is 13.0. The van der Waals surface area contributed by atoms with Gasteiger partial charge in [-0.2, -0.15) is 0 Å². The molecule has 1 atom stereocenters. The molecule has 10 nitrogen and oxygen atoms in total. The largest absolute Gasteiger partial charge is 0.378 e. The summed E-state index contributed by atoms with van der Waals surface area (Å²) in [6, 6.07) is 5.15. The van der Waals surface area contributed by atoms with E-state index >= 15 is 0 Å². The molecule has 11 heteroatoms. The van der Waals surface area contributed by atoms with E-state index in [9.17, 15) is 9.59 Å². The van der Waals surface area contributed by atoms with Crippen LogP contribution in [0.25, 0.3) is 11.0 Å². The second-order valence-corrected chi connectivity index (χ2v) is 9.20. The Balaban J connectivity index is 1.43. The first-order valence-electron chi connectivity index (χ1n) is 11.8. The quantitative estimate of drug-likeness (QED) is 0.580. The van der Waals surface area contributed by atoms with Crippen molar-refractivity contribution in [3.05, 3.63) is 18.2 Å². The Bertz CT molecular complexity index is 1060. The predicted molar refractivity (Wildman–Crippen MR) is 133 cm³/mol. The van der Waals surface area contributed by atoms with Crippen LogP contribution in [-0.4, -0.2) is 97.2 Å². The Morgan fingerprint density at radius 3 is 2.18 bits per heavy atom. The van der Waals surface area contributed by atoms with Crippen LogP contribution >= 0.6 is 15.9 Å². The van der Waals surface area contributed by atoms with Crippen molar-refractivity contribution >= 4 is 56.1 Å². The Morgan fingerprint density at radius 1 is 0.941 bits per heavy atom. The normalized spacial score (nSPS) is 21.2. The molecule has 2 amide bonds. The molecule has 2 aromatic rings. The van der Waals surface area contributed by atoms with Crippen LogP contribution in [0.4, 0.5) is 17.3 Å². The number of amides is 2. The highest BCUT2D eigenvalue weighted by molar-refractivity contribution is 9.09. The highest BCUT2D eigenvalue weighted by Gasteiger charge is 2.33. The standard InChI is InChI=1S/C23H29BrN6O4/c24-15-20(31)30-5-1-2-19(30)23(32)25-16-3-4-17-18(14-16)27-22(29-8-12-34-13-9-29)21(26-17)28-6-10-33-11-7-28/h3-4,14,19H,1-2,5-13,15H2,(H,25,32)/t19-/m0/s1. The first-order chi connectivity index (χ1) is 16.6. The average Bonchev–Trinajstić information content (AvgIpc) is 3.39. The maximum Gasteiger partial charge on any atom is 0.247 e. The SMILES string of the molecule is O=C(Nc1ccc2nc(N3CCOCC3)c(N3CCOCC3)nc2c1)[C@@H]1CCCN1C(=O)CBr. The van der Waals surface area contributed by atoms with Crippen molar-refractivity contribution in [1.29, 1.82) is 0 Å². The van der Waals surface area contributed by atoms with Crippen molar-refractivity contribution in [3.8, 4) is 0 Å². The zero-order valence-electron chi connectivity index (χ0n) is 19.0. The number of anilines is 3. The summed E-state index contributed by atoms with van der Waals surface area (Å²) in [7, 11) is 0.